The molecule has 0 saturated heterocycles. The SMILES string of the molecule is NC1(c2cc([B-](F)(F)F)ccn2)CC1.[K+]. The second kappa shape index (κ2) is 4.46. The largest absolute Gasteiger partial charge is 1.00 e. The summed E-state index contributed by atoms with van der Waals surface area (Å²) in [6.07, 6.45) is 2.61. The molecule has 0 atom stereocenters. The smallest absolute Gasteiger partial charge is 0.445 e. The van der Waals surface area contributed by atoms with Crippen LogP contribution in [0.1, 0.15) is 18.5 Å². The Morgan fingerprint density at radius 3 is 2.40 bits per heavy atom. The summed E-state index contributed by atoms with van der Waals surface area (Å²) in [5.41, 5.74) is 4.89. The minimum Gasteiger partial charge on any atom is -0.445 e. The van der Waals surface area contributed by atoms with Gasteiger partial charge in [0, 0.05) is 6.20 Å². The quantitative estimate of drug-likeness (QED) is 0.612. The van der Waals surface area contributed by atoms with E-state index in [-0.39, 0.29) is 51.4 Å². The van der Waals surface area contributed by atoms with E-state index >= 15 is 0 Å². The third kappa shape index (κ3) is 3.04. The monoisotopic (exact) mass is 240 g/mol. The van der Waals surface area contributed by atoms with Gasteiger partial charge in [0.2, 0.25) is 0 Å². The van der Waals surface area contributed by atoms with Gasteiger partial charge >= 0.3 is 58.4 Å². The minimum atomic E-state index is -4.94. The zero-order chi connectivity index (χ0) is 10.4. The first-order chi connectivity index (χ1) is 6.42. The summed E-state index contributed by atoms with van der Waals surface area (Å²) in [6.45, 7) is -4.94. The molecular formula is C8H9BF3KN2. The molecule has 1 fully saturated rings. The van der Waals surface area contributed by atoms with Gasteiger partial charge < -0.3 is 18.7 Å². The van der Waals surface area contributed by atoms with Gasteiger partial charge in [-0.2, -0.15) is 0 Å². The Kier molecular flexibility index (Phi) is 4.07. The number of nitrogens with zero attached hydrogens (tertiary/aromatic N) is 1. The van der Waals surface area contributed by atoms with Crippen LogP contribution in [0, 0.1) is 0 Å². The molecule has 1 aliphatic rings. The molecule has 2 rings (SSSR count). The molecule has 0 aliphatic heterocycles. The molecule has 2 nitrogen and oxygen atoms in total. The van der Waals surface area contributed by atoms with Crippen molar-refractivity contribution in [2.45, 2.75) is 18.4 Å². The number of aromatic nitrogens is 1. The zero-order valence-electron chi connectivity index (χ0n) is 8.38. The van der Waals surface area contributed by atoms with Crippen molar-refractivity contribution in [3.63, 3.8) is 0 Å². The van der Waals surface area contributed by atoms with Crippen molar-refractivity contribution in [1.29, 1.82) is 0 Å². The molecule has 2 N–H and O–H groups in total. The van der Waals surface area contributed by atoms with Crippen molar-refractivity contribution in [2.24, 2.45) is 5.73 Å². The molecule has 1 saturated carbocycles. The maximum Gasteiger partial charge on any atom is 1.00 e. The van der Waals surface area contributed by atoms with Crippen molar-refractivity contribution in [1.82, 2.24) is 4.98 Å². The van der Waals surface area contributed by atoms with Crippen molar-refractivity contribution < 1.29 is 64.3 Å². The topological polar surface area (TPSA) is 38.9 Å². The maximum absolute atomic E-state index is 12.4. The van der Waals surface area contributed by atoms with Gasteiger partial charge in [-0.25, -0.2) is 0 Å². The number of nitrogens with two attached hydrogens (primary N) is 1. The molecule has 1 aromatic heterocycles. The number of halogens is 3. The summed E-state index contributed by atoms with van der Waals surface area (Å²) >= 11 is 0. The third-order valence-electron chi connectivity index (χ3n) is 2.46. The standard InChI is InChI=1S/C8H9BF3N2.K/c10-9(11,12)6-1-4-14-7(5-6)8(13)2-3-8;/h1,4-5H,2-3,13H2;/q-1;+1. The molecule has 1 aliphatic carbocycles. The fourth-order valence-corrected chi connectivity index (χ4v) is 1.31. The Labute approximate surface area is 128 Å². The van der Waals surface area contributed by atoms with Crippen LogP contribution in [0.5, 0.6) is 0 Å². The molecule has 15 heavy (non-hydrogen) atoms. The number of hydrogen-bond acceptors (Lipinski definition) is 2. The fraction of sp³-hybridized carbons (Fsp3) is 0.375. The predicted molar refractivity (Wildman–Crippen MR) is 48.0 cm³/mol. The number of rotatable bonds is 2. The van der Waals surface area contributed by atoms with Gasteiger partial charge in [0.15, 0.2) is 0 Å². The van der Waals surface area contributed by atoms with Crippen LogP contribution in [0.15, 0.2) is 18.3 Å². The van der Waals surface area contributed by atoms with Gasteiger partial charge in [-0.15, -0.1) is 5.46 Å². The van der Waals surface area contributed by atoms with Crippen LogP contribution < -0.4 is 62.6 Å². The second-order valence-corrected chi connectivity index (χ2v) is 3.71. The van der Waals surface area contributed by atoms with E-state index in [0.29, 0.717) is 18.5 Å². The van der Waals surface area contributed by atoms with Crippen LogP contribution in [0.25, 0.3) is 0 Å². The molecule has 0 radical (unpaired) electrons. The molecule has 76 valence electrons. The fourth-order valence-electron chi connectivity index (χ4n) is 1.31. The van der Waals surface area contributed by atoms with Gasteiger partial charge in [-0.1, -0.05) is 12.1 Å². The Bertz CT molecular complexity index is 345. The van der Waals surface area contributed by atoms with E-state index in [1.165, 1.54) is 6.20 Å². The molecule has 0 amide bonds. The maximum atomic E-state index is 12.4. The Balaban J connectivity index is 0.00000112. The molecule has 0 bridgehead atoms. The summed E-state index contributed by atoms with van der Waals surface area (Å²) in [4.78, 5) is 3.87. The Morgan fingerprint density at radius 1 is 1.33 bits per heavy atom. The van der Waals surface area contributed by atoms with E-state index in [9.17, 15) is 12.9 Å². The number of pyridine rings is 1. The van der Waals surface area contributed by atoms with Crippen molar-refractivity contribution in [3.05, 3.63) is 24.0 Å². The zero-order valence-corrected chi connectivity index (χ0v) is 11.5. The molecule has 0 unspecified atom stereocenters. The average molecular weight is 240 g/mol. The Morgan fingerprint density at radius 2 is 1.93 bits per heavy atom. The van der Waals surface area contributed by atoms with Crippen molar-refractivity contribution in [2.75, 3.05) is 0 Å². The van der Waals surface area contributed by atoms with Gasteiger partial charge in [0.25, 0.3) is 0 Å². The first-order valence-corrected chi connectivity index (χ1v) is 4.37. The summed E-state index contributed by atoms with van der Waals surface area (Å²) in [5.74, 6) is 0. The van der Waals surface area contributed by atoms with Crippen LogP contribution in [-0.4, -0.2) is 12.0 Å². The first-order valence-electron chi connectivity index (χ1n) is 4.37. The van der Waals surface area contributed by atoms with E-state index in [2.05, 4.69) is 4.98 Å². The number of hydrogen-bond donors (Lipinski definition) is 1. The van der Waals surface area contributed by atoms with E-state index < -0.39 is 18.0 Å². The van der Waals surface area contributed by atoms with E-state index in [0.717, 1.165) is 12.1 Å². The molecule has 0 spiro atoms. The predicted octanol–water partition coefficient (Wildman–Crippen LogP) is -1.91. The van der Waals surface area contributed by atoms with Crippen LogP contribution in [0.3, 0.4) is 0 Å². The molecule has 1 heterocycles. The summed E-state index contributed by atoms with van der Waals surface area (Å²) in [7, 11) is 0. The van der Waals surface area contributed by atoms with E-state index in [4.69, 9.17) is 5.73 Å². The van der Waals surface area contributed by atoms with E-state index in [1.54, 1.807) is 0 Å². The summed E-state index contributed by atoms with van der Waals surface area (Å²) in [6, 6.07) is 2.04. The minimum absolute atomic E-state index is 0. The van der Waals surface area contributed by atoms with Crippen LogP contribution in [-0.2, 0) is 5.54 Å². The van der Waals surface area contributed by atoms with Crippen molar-refractivity contribution >= 4 is 12.4 Å². The van der Waals surface area contributed by atoms with E-state index in [1.807, 2.05) is 0 Å². The normalized spacial score (nSPS) is 18.1. The third-order valence-corrected chi connectivity index (χ3v) is 2.46. The second-order valence-electron chi connectivity index (χ2n) is 3.71. The van der Waals surface area contributed by atoms with Crippen LogP contribution in [0.2, 0.25) is 0 Å². The first kappa shape index (κ1) is 13.7. The van der Waals surface area contributed by atoms with Crippen LogP contribution >= 0.6 is 0 Å². The van der Waals surface area contributed by atoms with Crippen LogP contribution in [0.4, 0.5) is 12.9 Å². The molecule has 1 aromatic rings. The summed E-state index contributed by atoms with van der Waals surface area (Å²) < 4.78 is 37.1. The van der Waals surface area contributed by atoms with Crippen molar-refractivity contribution in [3.8, 4) is 0 Å². The molecule has 0 aromatic carbocycles. The average Bonchev–Trinajstić information content (AvgIpc) is 2.84. The molecule has 7 heteroatoms. The van der Waals surface area contributed by atoms with Gasteiger partial charge in [0.05, 0.1) is 11.2 Å². The molecular weight excluding hydrogens is 231 g/mol. The Hall–Kier alpha value is 0.601. The summed E-state index contributed by atoms with van der Waals surface area (Å²) in [5, 5.41) is 0. The van der Waals surface area contributed by atoms with Gasteiger partial charge in [0.1, 0.15) is 0 Å². The van der Waals surface area contributed by atoms with Gasteiger partial charge in [-0.3, -0.25) is 4.98 Å². The van der Waals surface area contributed by atoms with Gasteiger partial charge in [-0.05, 0) is 12.8 Å².